The van der Waals surface area contributed by atoms with Gasteiger partial charge in [-0.05, 0) is 30.9 Å². The number of carbonyl (C=O) groups is 2. The molecule has 1 heterocycles. The average Bonchev–Trinajstić information content (AvgIpc) is 2.46. The number of aliphatic hydroxyl groups excluding tert-OH is 1. The Morgan fingerprint density at radius 1 is 1.43 bits per heavy atom. The lowest BCUT2D eigenvalue weighted by atomic mass is 9.96. The fourth-order valence-electron chi connectivity index (χ4n) is 2.30. The van der Waals surface area contributed by atoms with Crippen molar-refractivity contribution in [2.24, 2.45) is 5.92 Å². The van der Waals surface area contributed by atoms with E-state index in [0.717, 1.165) is 5.56 Å². The molecule has 0 spiro atoms. The molecule has 0 bridgehead atoms. The monoisotopic (exact) mass is 310 g/mol. The van der Waals surface area contributed by atoms with Crippen LogP contribution < -0.4 is 5.32 Å². The molecule has 5 nitrogen and oxygen atoms in total. The van der Waals surface area contributed by atoms with Gasteiger partial charge in [-0.1, -0.05) is 30.7 Å². The summed E-state index contributed by atoms with van der Waals surface area (Å²) in [7, 11) is 0. The number of aryl methyl sites for hydroxylation is 1. The minimum absolute atomic E-state index is 0.142. The van der Waals surface area contributed by atoms with Crippen LogP contribution in [0.2, 0.25) is 5.02 Å². The van der Waals surface area contributed by atoms with E-state index in [1.165, 1.54) is 4.90 Å². The maximum absolute atomic E-state index is 12.1. The summed E-state index contributed by atoms with van der Waals surface area (Å²) in [6.07, 6.45) is 0.101. The van der Waals surface area contributed by atoms with Gasteiger partial charge in [0.1, 0.15) is 0 Å². The van der Waals surface area contributed by atoms with Crippen LogP contribution >= 0.6 is 11.6 Å². The highest BCUT2D eigenvalue weighted by Crippen LogP contribution is 2.25. The first-order valence-corrected chi connectivity index (χ1v) is 7.31. The number of hydrogen-bond donors (Lipinski definition) is 2. The van der Waals surface area contributed by atoms with E-state index in [1.54, 1.807) is 12.1 Å². The number of nitrogens with zero attached hydrogens (tertiary/aromatic N) is 1. The SMILES string of the molecule is Cc1cccc(NC(=O)C(=O)N2CCC(C)C(O)C2)c1Cl. The molecule has 2 N–H and O–H groups in total. The van der Waals surface area contributed by atoms with Gasteiger partial charge in [-0.3, -0.25) is 9.59 Å². The largest absolute Gasteiger partial charge is 0.391 e. The third-order valence-electron chi connectivity index (χ3n) is 3.84. The van der Waals surface area contributed by atoms with E-state index in [0.29, 0.717) is 23.7 Å². The van der Waals surface area contributed by atoms with Gasteiger partial charge >= 0.3 is 11.8 Å². The van der Waals surface area contributed by atoms with Gasteiger partial charge in [0, 0.05) is 13.1 Å². The first-order valence-electron chi connectivity index (χ1n) is 6.93. The van der Waals surface area contributed by atoms with Gasteiger partial charge in [-0.2, -0.15) is 0 Å². The fourth-order valence-corrected chi connectivity index (χ4v) is 2.47. The minimum Gasteiger partial charge on any atom is -0.391 e. The van der Waals surface area contributed by atoms with Crippen LogP contribution in [-0.2, 0) is 9.59 Å². The Balaban J connectivity index is 2.03. The number of benzene rings is 1. The molecule has 2 amide bonds. The van der Waals surface area contributed by atoms with Crippen molar-refractivity contribution < 1.29 is 14.7 Å². The van der Waals surface area contributed by atoms with Crippen molar-refractivity contribution in [3.8, 4) is 0 Å². The highest BCUT2D eigenvalue weighted by Gasteiger charge is 2.30. The summed E-state index contributed by atoms with van der Waals surface area (Å²) in [4.78, 5) is 25.5. The molecule has 1 saturated heterocycles. The minimum atomic E-state index is -0.732. The predicted octanol–water partition coefficient (Wildman–Crippen LogP) is 1.82. The van der Waals surface area contributed by atoms with Crippen LogP contribution in [0.15, 0.2) is 18.2 Å². The fraction of sp³-hybridized carbons (Fsp3) is 0.467. The molecule has 1 fully saturated rings. The van der Waals surface area contributed by atoms with E-state index in [2.05, 4.69) is 5.32 Å². The Hall–Kier alpha value is -1.59. The standard InChI is InChI=1S/C15H19ClN2O3/c1-9-6-7-18(8-12(9)19)15(21)14(20)17-11-5-3-4-10(2)13(11)16/h3-5,9,12,19H,6-8H2,1-2H3,(H,17,20). The maximum Gasteiger partial charge on any atom is 0.313 e. The van der Waals surface area contributed by atoms with E-state index in [-0.39, 0.29) is 12.5 Å². The maximum atomic E-state index is 12.1. The number of β-amino-alcohol motifs (C(OH)–C–C–N with tert-alkyl or cyclic N) is 1. The van der Waals surface area contributed by atoms with E-state index in [9.17, 15) is 14.7 Å². The Morgan fingerprint density at radius 2 is 2.14 bits per heavy atom. The number of likely N-dealkylation sites (tertiary alicyclic amines) is 1. The van der Waals surface area contributed by atoms with E-state index >= 15 is 0 Å². The molecular formula is C15H19ClN2O3. The second-order valence-corrected chi connectivity index (χ2v) is 5.85. The van der Waals surface area contributed by atoms with E-state index in [1.807, 2.05) is 19.9 Å². The van der Waals surface area contributed by atoms with Crippen molar-refractivity contribution in [3.05, 3.63) is 28.8 Å². The first kappa shape index (κ1) is 15.8. The molecular weight excluding hydrogens is 292 g/mol. The zero-order valence-electron chi connectivity index (χ0n) is 12.1. The number of nitrogens with one attached hydrogen (secondary N) is 1. The van der Waals surface area contributed by atoms with Crippen LogP contribution in [0, 0.1) is 12.8 Å². The van der Waals surface area contributed by atoms with Crippen LogP contribution in [-0.4, -0.2) is 41.0 Å². The summed E-state index contributed by atoms with van der Waals surface area (Å²) in [6, 6.07) is 5.23. The third-order valence-corrected chi connectivity index (χ3v) is 4.34. The normalized spacial score (nSPS) is 22.0. The second-order valence-electron chi connectivity index (χ2n) is 5.48. The van der Waals surface area contributed by atoms with Gasteiger partial charge in [0.15, 0.2) is 0 Å². The Labute approximate surface area is 128 Å². The van der Waals surface area contributed by atoms with Gasteiger partial charge in [0.25, 0.3) is 0 Å². The van der Waals surface area contributed by atoms with Gasteiger partial charge in [-0.15, -0.1) is 0 Å². The van der Waals surface area contributed by atoms with Crippen LogP contribution in [0.25, 0.3) is 0 Å². The summed E-state index contributed by atoms with van der Waals surface area (Å²) in [5.74, 6) is -1.23. The predicted molar refractivity (Wildman–Crippen MR) is 81.2 cm³/mol. The molecule has 114 valence electrons. The lowest BCUT2D eigenvalue weighted by Crippen LogP contribution is -2.49. The van der Waals surface area contributed by atoms with E-state index < -0.39 is 17.9 Å². The Kier molecular flexibility index (Phi) is 4.85. The van der Waals surface area contributed by atoms with Gasteiger partial charge in [-0.25, -0.2) is 0 Å². The molecule has 0 saturated carbocycles. The molecule has 2 rings (SSSR count). The summed E-state index contributed by atoms with van der Waals surface area (Å²) >= 11 is 6.09. The molecule has 21 heavy (non-hydrogen) atoms. The zero-order valence-corrected chi connectivity index (χ0v) is 12.9. The van der Waals surface area contributed by atoms with Crippen LogP contribution in [0.4, 0.5) is 5.69 Å². The van der Waals surface area contributed by atoms with Gasteiger partial charge < -0.3 is 15.3 Å². The Bertz CT molecular complexity index is 562. The molecule has 0 aliphatic carbocycles. The molecule has 6 heteroatoms. The molecule has 0 aromatic heterocycles. The number of halogens is 1. The third kappa shape index (κ3) is 3.54. The summed E-state index contributed by atoms with van der Waals surface area (Å²) in [5, 5.41) is 12.8. The second kappa shape index (κ2) is 6.45. The molecule has 2 unspecified atom stereocenters. The van der Waals surface area contributed by atoms with Crippen molar-refractivity contribution in [1.29, 1.82) is 0 Å². The van der Waals surface area contributed by atoms with Gasteiger partial charge in [0.2, 0.25) is 0 Å². The molecule has 1 aromatic rings. The topological polar surface area (TPSA) is 69.6 Å². The number of anilines is 1. The van der Waals surface area contributed by atoms with Crippen molar-refractivity contribution in [1.82, 2.24) is 4.90 Å². The quantitative estimate of drug-likeness (QED) is 0.777. The average molecular weight is 311 g/mol. The highest BCUT2D eigenvalue weighted by atomic mass is 35.5. The van der Waals surface area contributed by atoms with Gasteiger partial charge in [0.05, 0.1) is 16.8 Å². The zero-order chi connectivity index (χ0) is 15.6. The van der Waals surface area contributed by atoms with Crippen molar-refractivity contribution in [3.63, 3.8) is 0 Å². The molecule has 0 radical (unpaired) electrons. The molecule has 2 atom stereocenters. The summed E-state index contributed by atoms with van der Waals surface area (Å²) in [5.41, 5.74) is 1.24. The summed E-state index contributed by atoms with van der Waals surface area (Å²) < 4.78 is 0. The molecule has 1 aromatic carbocycles. The number of carbonyl (C=O) groups excluding carboxylic acids is 2. The van der Waals surface area contributed by atoms with Crippen LogP contribution in [0.3, 0.4) is 0 Å². The first-order chi connectivity index (χ1) is 9.90. The smallest absolute Gasteiger partial charge is 0.313 e. The van der Waals surface area contributed by atoms with Crippen molar-refractivity contribution in [2.45, 2.75) is 26.4 Å². The van der Waals surface area contributed by atoms with Crippen LogP contribution in [0.5, 0.6) is 0 Å². The highest BCUT2D eigenvalue weighted by molar-refractivity contribution is 6.41. The summed E-state index contributed by atoms with van der Waals surface area (Å²) in [6.45, 7) is 4.42. The number of aliphatic hydroxyl groups is 1. The van der Waals surface area contributed by atoms with Crippen LogP contribution in [0.1, 0.15) is 18.9 Å². The lowest BCUT2D eigenvalue weighted by Gasteiger charge is -2.33. The number of rotatable bonds is 1. The molecule has 1 aliphatic rings. The number of amides is 2. The Morgan fingerprint density at radius 3 is 2.81 bits per heavy atom. The number of piperidine rings is 1. The molecule has 1 aliphatic heterocycles. The lowest BCUT2D eigenvalue weighted by molar-refractivity contribution is -0.146. The van der Waals surface area contributed by atoms with Crippen molar-refractivity contribution >= 4 is 29.1 Å². The van der Waals surface area contributed by atoms with Crippen molar-refractivity contribution in [2.75, 3.05) is 18.4 Å². The number of hydrogen-bond acceptors (Lipinski definition) is 3. The van der Waals surface area contributed by atoms with E-state index in [4.69, 9.17) is 11.6 Å².